The molecule has 0 unspecified atom stereocenters. The van der Waals surface area contributed by atoms with Crippen LogP contribution in [0.2, 0.25) is 5.15 Å². The van der Waals surface area contributed by atoms with Crippen molar-refractivity contribution in [2.75, 3.05) is 25.1 Å². The molecule has 1 aliphatic rings. The monoisotopic (exact) mass is 387 g/mol. The molecule has 4 heterocycles. The lowest BCUT2D eigenvalue weighted by atomic mass is 10.1. The van der Waals surface area contributed by atoms with Gasteiger partial charge in [0.1, 0.15) is 11.0 Å². The summed E-state index contributed by atoms with van der Waals surface area (Å²) in [6.45, 7) is 1.66. The number of hydrogen-bond donors (Lipinski definition) is 3. The number of ether oxygens (including phenoxy) is 2. The highest BCUT2D eigenvalue weighted by Gasteiger charge is 2.24. The van der Waals surface area contributed by atoms with Crippen molar-refractivity contribution in [3.8, 4) is 22.8 Å². The molecule has 27 heavy (non-hydrogen) atoms. The Labute approximate surface area is 160 Å². The number of nitrogens with two attached hydrogens (primary N) is 1. The normalized spacial score (nSPS) is 12.5. The number of pyridine rings is 1. The summed E-state index contributed by atoms with van der Waals surface area (Å²) in [5.41, 5.74) is 8.02. The molecule has 0 aromatic carbocycles. The number of aromatic nitrogens is 5. The lowest BCUT2D eigenvalue weighted by Crippen LogP contribution is -2.07. The van der Waals surface area contributed by atoms with Gasteiger partial charge in [0.25, 0.3) is 0 Å². The van der Waals surface area contributed by atoms with Crippen LogP contribution in [0.4, 0.5) is 11.6 Å². The third-order valence-electron chi connectivity index (χ3n) is 3.99. The summed E-state index contributed by atoms with van der Waals surface area (Å²) in [5.74, 6) is 2.47. The van der Waals surface area contributed by atoms with Gasteiger partial charge in [0.05, 0.1) is 48.8 Å². The Kier molecular flexibility index (Phi) is 5.03. The van der Waals surface area contributed by atoms with Gasteiger partial charge in [0.2, 0.25) is 0 Å². The summed E-state index contributed by atoms with van der Waals surface area (Å²) in [6.07, 6.45) is 6.24. The largest absolute Gasteiger partial charge is 0.491 e. The minimum absolute atomic E-state index is 0.326. The van der Waals surface area contributed by atoms with Crippen LogP contribution in [0, 0.1) is 0 Å². The van der Waals surface area contributed by atoms with E-state index in [2.05, 4.69) is 30.5 Å². The predicted molar refractivity (Wildman–Crippen MR) is 101 cm³/mol. The minimum Gasteiger partial charge on any atom is -0.491 e. The number of aromatic amines is 1. The maximum absolute atomic E-state index is 5.87. The van der Waals surface area contributed by atoms with E-state index < -0.39 is 0 Å². The second-order valence-electron chi connectivity index (χ2n) is 5.88. The Bertz CT molecular complexity index is 930. The van der Waals surface area contributed by atoms with E-state index >= 15 is 0 Å². The topological polar surface area (TPSA) is 124 Å². The van der Waals surface area contributed by atoms with E-state index in [-0.39, 0.29) is 0 Å². The van der Waals surface area contributed by atoms with E-state index in [1.54, 1.807) is 6.20 Å². The molecule has 9 nitrogen and oxygen atoms in total. The summed E-state index contributed by atoms with van der Waals surface area (Å²) in [6, 6.07) is 1.85. The van der Waals surface area contributed by atoms with E-state index in [0.29, 0.717) is 42.3 Å². The molecule has 10 heteroatoms. The van der Waals surface area contributed by atoms with Gasteiger partial charge in [0, 0.05) is 12.5 Å². The van der Waals surface area contributed by atoms with Crippen molar-refractivity contribution in [3.05, 3.63) is 35.5 Å². The first kappa shape index (κ1) is 17.5. The molecule has 0 amide bonds. The van der Waals surface area contributed by atoms with Gasteiger partial charge in [0.15, 0.2) is 17.3 Å². The quantitative estimate of drug-likeness (QED) is 0.527. The number of anilines is 2. The van der Waals surface area contributed by atoms with E-state index in [1.165, 1.54) is 12.4 Å². The molecule has 0 aliphatic carbocycles. The van der Waals surface area contributed by atoms with E-state index in [9.17, 15) is 0 Å². The van der Waals surface area contributed by atoms with Gasteiger partial charge in [-0.05, 0) is 13.0 Å². The first-order chi connectivity index (χ1) is 13.2. The Morgan fingerprint density at radius 3 is 2.96 bits per heavy atom. The number of nitrogens with zero attached hydrogens (tertiary/aromatic N) is 4. The molecule has 0 radical (unpaired) electrons. The Balaban J connectivity index is 1.63. The van der Waals surface area contributed by atoms with Crippen LogP contribution in [0.3, 0.4) is 0 Å². The summed E-state index contributed by atoms with van der Waals surface area (Å²) in [7, 11) is 0. The molecule has 0 fully saturated rings. The van der Waals surface area contributed by atoms with Gasteiger partial charge in [-0.25, -0.2) is 9.97 Å². The molecule has 1 aliphatic heterocycles. The number of hydrogen-bond acceptors (Lipinski definition) is 8. The number of rotatable bonds is 7. The highest BCUT2D eigenvalue weighted by atomic mass is 35.5. The molecule has 3 aromatic rings. The lowest BCUT2D eigenvalue weighted by Gasteiger charge is -2.13. The lowest BCUT2D eigenvalue weighted by molar-refractivity contribution is 0.310. The van der Waals surface area contributed by atoms with Gasteiger partial charge < -0.3 is 20.5 Å². The zero-order valence-electron chi connectivity index (χ0n) is 14.4. The average molecular weight is 388 g/mol. The third-order valence-corrected chi connectivity index (χ3v) is 4.18. The Morgan fingerprint density at radius 1 is 1.22 bits per heavy atom. The van der Waals surface area contributed by atoms with Crippen LogP contribution in [0.25, 0.3) is 11.3 Å². The number of H-pyrrole nitrogens is 1. The van der Waals surface area contributed by atoms with Gasteiger partial charge in [-0.1, -0.05) is 11.6 Å². The van der Waals surface area contributed by atoms with Crippen LogP contribution < -0.4 is 20.5 Å². The van der Waals surface area contributed by atoms with Crippen LogP contribution in [0.15, 0.2) is 24.7 Å². The van der Waals surface area contributed by atoms with Crippen molar-refractivity contribution in [2.24, 2.45) is 5.73 Å². The fourth-order valence-electron chi connectivity index (χ4n) is 2.75. The van der Waals surface area contributed by atoms with Gasteiger partial charge in [-0.2, -0.15) is 5.10 Å². The zero-order chi connectivity index (χ0) is 18.6. The third kappa shape index (κ3) is 3.79. The van der Waals surface area contributed by atoms with Crippen molar-refractivity contribution in [2.45, 2.75) is 12.8 Å². The zero-order valence-corrected chi connectivity index (χ0v) is 15.2. The van der Waals surface area contributed by atoms with Crippen LogP contribution in [0.1, 0.15) is 12.1 Å². The predicted octanol–water partition coefficient (Wildman–Crippen LogP) is 2.32. The van der Waals surface area contributed by atoms with E-state index in [1.807, 2.05) is 6.07 Å². The molecule has 4 N–H and O–H groups in total. The molecule has 0 saturated carbocycles. The highest BCUT2D eigenvalue weighted by molar-refractivity contribution is 6.29. The molecular formula is C17H18ClN7O2. The summed E-state index contributed by atoms with van der Waals surface area (Å²) in [5, 5.41) is 10.7. The molecular weight excluding hydrogens is 370 g/mol. The van der Waals surface area contributed by atoms with Crippen LogP contribution in [-0.2, 0) is 6.42 Å². The van der Waals surface area contributed by atoms with Crippen LogP contribution >= 0.6 is 11.6 Å². The van der Waals surface area contributed by atoms with Crippen LogP contribution in [0.5, 0.6) is 11.5 Å². The molecule has 0 bridgehead atoms. The fourth-order valence-corrected chi connectivity index (χ4v) is 2.85. The maximum Gasteiger partial charge on any atom is 0.154 e. The molecule has 0 spiro atoms. The molecule has 0 atom stereocenters. The average Bonchev–Trinajstić information content (AvgIpc) is 3.33. The molecule has 0 saturated heterocycles. The molecule has 3 aromatic heterocycles. The maximum atomic E-state index is 5.87. The van der Waals surface area contributed by atoms with Crippen molar-refractivity contribution >= 4 is 23.2 Å². The number of halogens is 1. The molecule has 4 rings (SSSR count). The molecule has 140 valence electrons. The Hall–Kier alpha value is -2.91. The number of nitrogens with one attached hydrogen (secondary N) is 2. The second kappa shape index (κ2) is 7.77. The smallest absolute Gasteiger partial charge is 0.154 e. The number of fused-ring (bicyclic) bond motifs is 1. The van der Waals surface area contributed by atoms with Crippen LogP contribution in [-0.4, -0.2) is 44.9 Å². The fraction of sp³-hybridized carbons (Fsp3) is 0.294. The van der Waals surface area contributed by atoms with Gasteiger partial charge >= 0.3 is 0 Å². The SMILES string of the molecule is NCCCOc1cnc2c(c1-c1cc(Nc3cnc(Cl)cn3)n[nH]1)OCC2. The first-order valence-corrected chi connectivity index (χ1v) is 8.90. The van der Waals surface area contributed by atoms with Crippen molar-refractivity contribution in [1.82, 2.24) is 25.1 Å². The summed E-state index contributed by atoms with van der Waals surface area (Å²) < 4.78 is 11.7. The van der Waals surface area contributed by atoms with E-state index in [4.69, 9.17) is 26.8 Å². The Morgan fingerprint density at radius 2 is 2.15 bits per heavy atom. The standard InChI is InChI=1S/C17H18ClN7O2/c18-13-8-22-15(9-21-13)23-14-6-11(24-25-14)16-12(26-4-1-3-19)7-20-10-2-5-27-17(10)16/h6-9H,1-5,19H2,(H2,22,23,24,25). The highest BCUT2D eigenvalue weighted by Crippen LogP contribution is 2.42. The summed E-state index contributed by atoms with van der Waals surface area (Å²) in [4.78, 5) is 12.6. The summed E-state index contributed by atoms with van der Waals surface area (Å²) >= 11 is 5.76. The van der Waals surface area contributed by atoms with Gasteiger partial charge in [-0.15, -0.1) is 0 Å². The van der Waals surface area contributed by atoms with E-state index in [0.717, 1.165) is 35.5 Å². The minimum atomic E-state index is 0.326. The van der Waals surface area contributed by atoms with Crippen molar-refractivity contribution in [3.63, 3.8) is 0 Å². The van der Waals surface area contributed by atoms with Gasteiger partial charge in [-0.3, -0.25) is 10.1 Å². The second-order valence-corrected chi connectivity index (χ2v) is 6.27. The first-order valence-electron chi connectivity index (χ1n) is 8.52. The van der Waals surface area contributed by atoms with Crippen molar-refractivity contribution in [1.29, 1.82) is 0 Å². The van der Waals surface area contributed by atoms with Crippen molar-refractivity contribution < 1.29 is 9.47 Å².